The first-order valence-electron chi connectivity index (χ1n) is 4.82. The fourth-order valence-electron chi connectivity index (χ4n) is 1.69. The lowest BCUT2D eigenvalue weighted by molar-refractivity contribution is -0.120. The number of nitrogens with one attached hydrogen (secondary N) is 1. The zero-order valence-electron chi connectivity index (χ0n) is 8.23. The molecule has 0 saturated carbocycles. The van der Waals surface area contributed by atoms with Crippen LogP contribution in [0, 0.1) is 11.3 Å². The van der Waals surface area contributed by atoms with Crippen molar-refractivity contribution in [3.63, 3.8) is 0 Å². The largest absolute Gasteiger partial charge is 0.359 e. The highest BCUT2D eigenvalue weighted by Crippen LogP contribution is 2.19. The van der Waals surface area contributed by atoms with Crippen molar-refractivity contribution in [1.82, 2.24) is 5.32 Å². The van der Waals surface area contributed by atoms with Gasteiger partial charge in [-0.25, -0.2) is 0 Å². The number of hydrogen-bond acceptors (Lipinski definition) is 3. The average molecular weight is 201 g/mol. The molecule has 1 aliphatic rings. The Morgan fingerprint density at radius 1 is 1.40 bits per heavy atom. The maximum atomic E-state index is 11.2. The Labute approximate surface area is 88.1 Å². The first-order valence-corrected chi connectivity index (χ1v) is 4.82. The summed E-state index contributed by atoms with van der Waals surface area (Å²) in [6.07, 6.45) is 0. The predicted molar refractivity (Wildman–Crippen MR) is 56.4 cm³/mol. The Bertz CT molecular complexity index is 422. The lowest BCUT2D eigenvalue weighted by atomic mass is 10.1. The molecule has 4 nitrogen and oxygen atoms in total. The first kappa shape index (κ1) is 9.53. The van der Waals surface area contributed by atoms with E-state index in [1.807, 2.05) is 23.1 Å². The molecule has 1 N–H and O–H groups in total. The number of nitrogens with zero attached hydrogens (tertiary/aromatic N) is 2. The van der Waals surface area contributed by atoms with Gasteiger partial charge in [0.15, 0.2) is 0 Å². The number of piperazine rings is 1. The summed E-state index contributed by atoms with van der Waals surface area (Å²) in [7, 11) is 0. The number of carbonyl (C=O) groups excluding carboxylic acids is 1. The van der Waals surface area contributed by atoms with Crippen molar-refractivity contribution in [3.05, 3.63) is 29.8 Å². The minimum absolute atomic E-state index is 0.00833. The molecule has 0 unspecified atom stereocenters. The molecular weight excluding hydrogens is 190 g/mol. The Hall–Kier alpha value is -2.02. The van der Waals surface area contributed by atoms with Crippen molar-refractivity contribution in [2.24, 2.45) is 0 Å². The third-order valence-electron chi connectivity index (χ3n) is 2.40. The molecule has 2 rings (SSSR count). The van der Waals surface area contributed by atoms with Gasteiger partial charge in [0, 0.05) is 13.1 Å². The molecule has 0 bridgehead atoms. The third kappa shape index (κ3) is 1.91. The molecule has 0 aliphatic carbocycles. The van der Waals surface area contributed by atoms with Crippen LogP contribution in [-0.4, -0.2) is 25.5 Å². The van der Waals surface area contributed by atoms with E-state index in [1.54, 1.807) is 6.07 Å². The van der Waals surface area contributed by atoms with Crippen LogP contribution in [0.5, 0.6) is 0 Å². The van der Waals surface area contributed by atoms with Gasteiger partial charge in [-0.05, 0) is 12.1 Å². The zero-order chi connectivity index (χ0) is 10.7. The number of anilines is 1. The molecule has 0 aromatic heterocycles. The van der Waals surface area contributed by atoms with Gasteiger partial charge in [0.05, 0.1) is 17.8 Å². The highest BCUT2D eigenvalue weighted by molar-refractivity contribution is 5.83. The highest BCUT2D eigenvalue weighted by Gasteiger charge is 2.18. The van der Waals surface area contributed by atoms with Crippen LogP contribution in [-0.2, 0) is 4.79 Å². The van der Waals surface area contributed by atoms with Crippen LogP contribution in [0.2, 0.25) is 0 Å². The Balaban J connectivity index is 2.29. The molecule has 1 aromatic carbocycles. The van der Waals surface area contributed by atoms with Crippen molar-refractivity contribution in [2.75, 3.05) is 24.5 Å². The lowest BCUT2D eigenvalue weighted by Gasteiger charge is -2.29. The second-order valence-electron chi connectivity index (χ2n) is 3.40. The number of benzene rings is 1. The summed E-state index contributed by atoms with van der Waals surface area (Å²) < 4.78 is 0. The second kappa shape index (κ2) is 4.01. The third-order valence-corrected chi connectivity index (χ3v) is 2.40. The van der Waals surface area contributed by atoms with Crippen LogP contribution in [0.25, 0.3) is 0 Å². The minimum atomic E-state index is 0.00833. The van der Waals surface area contributed by atoms with Crippen molar-refractivity contribution in [3.8, 4) is 6.07 Å². The summed E-state index contributed by atoms with van der Waals surface area (Å²) in [6.45, 7) is 1.72. The average Bonchev–Trinajstić information content (AvgIpc) is 2.29. The van der Waals surface area contributed by atoms with Crippen molar-refractivity contribution in [2.45, 2.75) is 0 Å². The first-order chi connectivity index (χ1) is 7.31. The number of nitriles is 1. The Kier molecular flexibility index (Phi) is 2.55. The molecule has 4 heteroatoms. The van der Waals surface area contributed by atoms with E-state index in [0.717, 1.165) is 12.2 Å². The van der Waals surface area contributed by atoms with Crippen LogP contribution in [0.1, 0.15) is 5.56 Å². The predicted octanol–water partition coefficient (Wildman–Crippen LogP) is 0.494. The number of hydrogen-bond donors (Lipinski definition) is 1. The maximum Gasteiger partial charge on any atom is 0.239 e. The van der Waals surface area contributed by atoms with E-state index < -0.39 is 0 Å². The molecule has 0 atom stereocenters. The molecule has 0 radical (unpaired) electrons. The molecule has 15 heavy (non-hydrogen) atoms. The van der Waals surface area contributed by atoms with Crippen molar-refractivity contribution in [1.29, 1.82) is 5.26 Å². The van der Waals surface area contributed by atoms with Crippen LogP contribution >= 0.6 is 0 Å². The molecule has 1 fully saturated rings. The normalized spacial score (nSPS) is 15.7. The molecule has 1 aliphatic heterocycles. The lowest BCUT2D eigenvalue weighted by Crippen LogP contribution is -2.47. The van der Waals surface area contributed by atoms with Crippen molar-refractivity contribution < 1.29 is 4.79 Å². The van der Waals surface area contributed by atoms with Gasteiger partial charge >= 0.3 is 0 Å². The molecule has 1 amide bonds. The fourth-order valence-corrected chi connectivity index (χ4v) is 1.69. The topological polar surface area (TPSA) is 56.1 Å². The smallest absolute Gasteiger partial charge is 0.239 e. The standard InChI is InChI=1S/C11H11N3O/c12-7-9-3-1-2-4-10(9)14-6-5-13-11(15)8-14/h1-4H,5-6,8H2,(H,13,15). The zero-order valence-corrected chi connectivity index (χ0v) is 8.23. The van der Waals surface area contributed by atoms with E-state index in [2.05, 4.69) is 11.4 Å². The summed E-state index contributed by atoms with van der Waals surface area (Å²) in [5.74, 6) is 0.00833. The van der Waals surface area contributed by atoms with E-state index in [1.165, 1.54) is 0 Å². The van der Waals surface area contributed by atoms with Crippen LogP contribution in [0.15, 0.2) is 24.3 Å². The Morgan fingerprint density at radius 3 is 2.93 bits per heavy atom. The highest BCUT2D eigenvalue weighted by atomic mass is 16.2. The second-order valence-corrected chi connectivity index (χ2v) is 3.40. The SMILES string of the molecule is N#Cc1ccccc1N1CCNC(=O)C1. The van der Waals surface area contributed by atoms with Crippen molar-refractivity contribution >= 4 is 11.6 Å². The summed E-state index contributed by atoms with van der Waals surface area (Å²) in [4.78, 5) is 13.1. The van der Waals surface area contributed by atoms with E-state index in [9.17, 15) is 4.79 Å². The van der Waals surface area contributed by atoms with Gasteiger partial charge in [-0.1, -0.05) is 12.1 Å². The summed E-state index contributed by atoms with van der Waals surface area (Å²) >= 11 is 0. The molecule has 1 saturated heterocycles. The number of para-hydroxylation sites is 1. The molecule has 1 heterocycles. The number of carbonyl (C=O) groups is 1. The summed E-state index contributed by atoms with van der Waals surface area (Å²) in [5.41, 5.74) is 1.46. The maximum absolute atomic E-state index is 11.2. The minimum Gasteiger partial charge on any atom is -0.359 e. The van der Waals surface area contributed by atoms with Gasteiger partial charge in [0.2, 0.25) is 5.91 Å². The quantitative estimate of drug-likeness (QED) is 0.719. The number of rotatable bonds is 1. The number of amides is 1. The molecule has 0 spiro atoms. The monoisotopic (exact) mass is 201 g/mol. The van der Waals surface area contributed by atoms with Gasteiger partial charge < -0.3 is 10.2 Å². The van der Waals surface area contributed by atoms with Gasteiger partial charge in [-0.2, -0.15) is 5.26 Å². The molecule has 1 aromatic rings. The fraction of sp³-hybridized carbons (Fsp3) is 0.273. The van der Waals surface area contributed by atoms with E-state index in [0.29, 0.717) is 18.7 Å². The summed E-state index contributed by atoms with van der Waals surface area (Å²) in [5, 5.41) is 11.7. The summed E-state index contributed by atoms with van der Waals surface area (Å²) in [6, 6.07) is 9.48. The van der Waals surface area contributed by atoms with E-state index in [-0.39, 0.29) is 5.91 Å². The van der Waals surface area contributed by atoms with Gasteiger partial charge in [-0.3, -0.25) is 4.79 Å². The Morgan fingerprint density at radius 2 is 2.20 bits per heavy atom. The van der Waals surface area contributed by atoms with Gasteiger partial charge in [0.1, 0.15) is 6.07 Å². The van der Waals surface area contributed by atoms with Gasteiger partial charge in [0.25, 0.3) is 0 Å². The van der Waals surface area contributed by atoms with Gasteiger partial charge in [-0.15, -0.1) is 0 Å². The van der Waals surface area contributed by atoms with E-state index >= 15 is 0 Å². The van der Waals surface area contributed by atoms with Crippen LogP contribution < -0.4 is 10.2 Å². The van der Waals surface area contributed by atoms with Crippen LogP contribution in [0.4, 0.5) is 5.69 Å². The molecular formula is C11H11N3O. The van der Waals surface area contributed by atoms with Crippen LogP contribution in [0.3, 0.4) is 0 Å². The molecule has 76 valence electrons. The van der Waals surface area contributed by atoms with E-state index in [4.69, 9.17) is 5.26 Å².